The molecule has 0 amide bonds. The number of hydrogen-bond donors (Lipinski definition) is 2. The Kier molecular flexibility index (Phi) is 2.57. The van der Waals surface area contributed by atoms with Crippen LogP contribution in [0.3, 0.4) is 0 Å². The first-order valence-corrected chi connectivity index (χ1v) is 7.06. The average Bonchev–Trinajstić information content (AvgIpc) is 2.36. The zero-order valence-electron chi connectivity index (χ0n) is 8.33. The van der Waals surface area contributed by atoms with Gasteiger partial charge in [-0.15, -0.1) is 0 Å². The predicted molar refractivity (Wildman–Crippen MR) is 55.8 cm³/mol. The molecule has 1 unspecified atom stereocenters. The first-order chi connectivity index (χ1) is 6.55. The smallest absolute Gasteiger partial charge is 0.152 e. The molecule has 1 aliphatic carbocycles. The summed E-state index contributed by atoms with van der Waals surface area (Å²) in [4.78, 5) is 0. The van der Waals surface area contributed by atoms with E-state index in [2.05, 4.69) is 5.32 Å². The number of hydrogen-bond acceptors (Lipinski definition) is 4. The van der Waals surface area contributed by atoms with Crippen molar-refractivity contribution in [2.45, 2.75) is 37.3 Å². The van der Waals surface area contributed by atoms with Gasteiger partial charge in [-0.05, 0) is 19.3 Å². The van der Waals surface area contributed by atoms with Crippen molar-refractivity contribution in [1.29, 1.82) is 0 Å². The van der Waals surface area contributed by atoms with Crippen LogP contribution in [-0.2, 0) is 9.84 Å². The van der Waals surface area contributed by atoms with Crippen molar-refractivity contribution in [2.75, 3.05) is 18.1 Å². The lowest BCUT2D eigenvalue weighted by atomic mass is 9.88. The van der Waals surface area contributed by atoms with Gasteiger partial charge in [-0.2, -0.15) is 0 Å². The molecule has 4 nitrogen and oxygen atoms in total. The molecule has 0 radical (unpaired) electrons. The van der Waals surface area contributed by atoms with Gasteiger partial charge >= 0.3 is 0 Å². The van der Waals surface area contributed by atoms with Crippen LogP contribution in [0.25, 0.3) is 0 Å². The van der Waals surface area contributed by atoms with E-state index in [1.54, 1.807) is 0 Å². The summed E-state index contributed by atoms with van der Waals surface area (Å²) in [6, 6.07) is 0.506. The first kappa shape index (κ1) is 10.4. The van der Waals surface area contributed by atoms with Gasteiger partial charge in [-0.25, -0.2) is 8.42 Å². The van der Waals surface area contributed by atoms with E-state index in [-0.39, 0.29) is 11.3 Å². The number of nitrogens with two attached hydrogens (primary N) is 1. The third kappa shape index (κ3) is 1.94. The lowest BCUT2D eigenvalue weighted by molar-refractivity contribution is 0.246. The van der Waals surface area contributed by atoms with E-state index in [4.69, 9.17) is 5.73 Å². The highest BCUT2D eigenvalue weighted by molar-refractivity contribution is 7.91. The summed E-state index contributed by atoms with van der Waals surface area (Å²) in [6.07, 6.45) is 4.27. The van der Waals surface area contributed by atoms with E-state index in [1.807, 2.05) is 0 Å². The maximum Gasteiger partial charge on any atom is 0.152 e. The summed E-state index contributed by atoms with van der Waals surface area (Å²) < 4.78 is 22.8. The lowest BCUT2D eigenvalue weighted by Gasteiger charge is -2.37. The second-order valence-corrected chi connectivity index (χ2v) is 6.78. The third-order valence-electron chi connectivity index (χ3n) is 3.39. The fourth-order valence-corrected chi connectivity index (χ4v) is 4.27. The minimum atomic E-state index is -2.84. The second kappa shape index (κ2) is 3.47. The quantitative estimate of drug-likeness (QED) is 0.679. The number of sulfone groups is 1. The number of nitrogens with one attached hydrogen (secondary N) is 1. The van der Waals surface area contributed by atoms with Gasteiger partial charge in [-0.1, -0.05) is 6.42 Å². The van der Waals surface area contributed by atoms with Crippen molar-refractivity contribution in [3.63, 3.8) is 0 Å². The third-order valence-corrected chi connectivity index (χ3v) is 5.21. The van der Waals surface area contributed by atoms with Crippen LogP contribution >= 0.6 is 0 Å². The average molecular weight is 218 g/mol. The Morgan fingerprint density at radius 3 is 2.50 bits per heavy atom. The van der Waals surface area contributed by atoms with E-state index in [1.165, 1.54) is 19.3 Å². The Bertz CT molecular complexity index is 311. The van der Waals surface area contributed by atoms with Gasteiger partial charge in [0.05, 0.1) is 11.5 Å². The van der Waals surface area contributed by atoms with Crippen LogP contribution in [0.15, 0.2) is 0 Å². The SMILES string of the molecule is NCC1(NC2CCC2)CCS(=O)(=O)C1. The molecule has 0 aromatic carbocycles. The minimum absolute atomic E-state index is 0.229. The monoisotopic (exact) mass is 218 g/mol. The molecule has 0 spiro atoms. The molecule has 2 aliphatic rings. The van der Waals surface area contributed by atoms with Gasteiger partial charge in [-0.3, -0.25) is 0 Å². The Hall–Kier alpha value is -0.130. The second-order valence-electron chi connectivity index (χ2n) is 4.60. The van der Waals surface area contributed by atoms with E-state index in [0.29, 0.717) is 24.8 Å². The van der Waals surface area contributed by atoms with Gasteiger partial charge in [0, 0.05) is 18.1 Å². The Morgan fingerprint density at radius 1 is 1.43 bits per heavy atom. The van der Waals surface area contributed by atoms with Crippen LogP contribution in [-0.4, -0.2) is 38.0 Å². The molecule has 1 atom stereocenters. The van der Waals surface area contributed by atoms with Crippen LogP contribution < -0.4 is 11.1 Å². The van der Waals surface area contributed by atoms with Crippen LogP contribution in [0.4, 0.5) is 0 Å². The normalized spacial score (nSPS) is 36.9. The Labute approximate surface area is 85.2 Å². The van der Waals surface area contributed by atoms with Crippen molar-refractivity contribution in [3.8, 4) is 0 Å². The number of rotatable bonds is 3. The molecule has 0 bridgehead atoms. The zero-order valence-corrected chi connectivity index (χ0v) is 9.15. The van der Waals surface area contributed by atoms with Crippen LogP contribution in [0.5, 0.6) is 0 Å². The maximum absolute atomic E-state index is 11.4. The van der Waals surface area contributed by atoms with Crippen LogP contribution in [0.1, 0.15) is 25.7 Å². The summed E-state index contributed by atoms with van der Waals surface area (Å²) in [7, 11) is -2.84. The minimum Gasteiger partial charge on any atom is -0.329 e. The predicted octanol–water partition coefficient (Wildman–Crippen LogP) is -0.356. The van der Waals surface area contributed by atoms with E-state index in [0.717, 1.165) is 0 Å². The van der Waals surface area contributed by atoms with Crippen molar-refractivity contribution in [1.82, 2.24) is 5.32 Å². The molecule has 2 rings (SSSR count). The molecule has 3 N–H and O–H groups in total. The standard InChI is InChI=1S/C9H18N2O2S/c10-6-9(11-8-2-1-3-8)4-5-14(12,13)7-9/h8,11H,1-7,10H2. The van der Waals surface area contributed by atoms with Gasteiger partial charge in [0.25, 0.3) is 0 Å². The van der Waals surface area contributed by atoms with Gasteiger partial charge in [0.2, 0.25) is 0 Å². The zero-order chi connectivity index (χ0) is 10.2. The van der Waals surface area contributed by atoms with E-state index < -0.39 is 9.84 Å². The fourth-order valence-electron chi connectivity index (χ4n) is 2.24. The summed E-state index contributed by atoms with van der Waals surface area (Å²) in [6.45, 7) is 0.433. The topological polar surface area (TPSA) is 72.2 Å². The summed E-state index contributed by atoms with van der Waals surface area (Å²) in [5, 5.41) is 3.43. The molecule has 5 heteroatoms. The van der Waals surface area contributed by atoms with Gasteiger partial charge < -0.3 is 11.1 Å². The van der Waals surface area contributed by atoms with Gasteiger partial charge in [0.15, 0.2) is 9.84 Å². The van der Waals surface area contributed by atoms with Gasteiger partial charge in [0.1, 0.15) is 0 Å². The molecule has 14 heavy (non-hydrogen) atoms. The summed E-state index contributed by atoms with van der Waals surface area (Å²) in [5.74, 6) is 0.525. The van der Waals surface area contributed by atoms with Crippen LogP contribution in [0, 0.1) is 0 Å². The molecule has 1 aliphatic heterocycles. The Morgan fingerprint density at radius 2 is 2.14 bits per heavy atom. The molecular weight excluding hydrogens is 200 g/mol. The molecule has 1 saturated heterocycles. The van der Waals surface area contributed by atoms with Crippen LogP contribution in [0.2, 0.25) is 0 Å². The highest BCUT2D eigenvalue weighted by Gasteiger charge is 2.42. The molecule has 0 aromatic rings. The molecular formula is C9H18N2O2S. The Balaban J connectivity index is 2.03. The van der Waals surface area contributed by atoms with E-state index in [9.17, 15) is 8.42 Å². The molecule has 2 fully saturated rings. The highest BCUT2D eigenvalue weighted by atomic mass is 32.2. The molecule has 0 aromatic heterocycles. The van der Waals surface area contributed by atoms with Crippen molar-refractivity contribution in [2.24, 2.45) is 5.73 Å². The molecule has 1 heterocycles. The van der Waals surface area contributed by atoms with E-state index >= 15 is 0 Å². The molecule has 1 saturated carbocycles. The summed E-state index contributed by atoms with van der Waals surface area (Å²) in [5.41, 5.74) is 5.37. The first-order valence-electron chi connectivity index (χ1n) is 5.23. The maximum atomic E-state index is 11.4. The fraction of sp³-hybridized carbons (Fsp3) is 1.00. The largest absolute Gasteiger partial charge is 0.329 e. The molecule has 82 valence electrons. The van der Waals surface area contributed by atoms with Crippen molar-refractivity contribution < 1.29 is 8.42 Å². The summed E-state index contributed by atoms with van der Waals surface area (Å²) >= 11 is 0. The lowest BCUT2D eigenvalue weighted by Crippen LogP contribution is -2.57. The van der Waals surface area contributed by atoms with Crippen molar-refractivity contribution >= 4 is 9.84 Å². The highest BCUT2D eigenvalue weighted by Crippen LogP contribution is 2.27. The van der Waals surface area contributed by atoms with Crippen molar-refractivity contribution in [3.05, 3.63) is 0 Å².